The number of aryl methyl sites for hydroxylation is 2. The summed E-state index contributed by atoms with van der Waals surface area (Å²) in [5, 5.41) is 4.81. The van der Waals surface area contributed by atoms with Crippen molar-refractivity contribution in [2.24, 2.45) is 0 Å². The third kappa shape index (κ3) is 2.31. The van der Waals surface area contributed by atoms with Gasteiger partial charge < -0.3 is 5.32 Å². The highest BCUT2D eigenvalue weighted by Gasteiger charge is 2.09. The lowest BCUT2D eigenvalue weighted by molar-refractivity contribution is 0.103. The molecule has 2 nitrogen and oxygen atoms in total. The number of rotatable bonds is 2. The van der Waals surface area contributed by atoms with E-state index in [9.17, 15) is 4.79 Å². The quantitative estimate of drug-likeness (QED) is 0.840. The predicted octanol–water partition coefficient (Wildman–Crippen LogP) is 3.62. The SMILES string of the molecule is Cc1ccc(NC(=O)c2sccc2C)cc1. The van der Waals surface area contributed by atoms with E-state index >= 15 is 0 Å². The second-order valence-corrected chi connectivity index (χ2v) is 4.67. The first-order valence-electron chi connectivity index (χ1n) is 5.09. The van der Waals surface area contributed by atoms with Gasteiger partial charge in [0, 0.05) is 5.69 Å². The molecule has 3 heteroatoms. The molecule has 0 spiro atoms. The Bertz CT molecular complexity index is 499. The standard InChI is InChI=1S/C13H13NOS/c1-9-3-5-11(6-4-9)14-13(15)12-10(2)7-8-16-12/h3-8H,1-2H3,(H,14,15). The van der Waals surface area contributed by atoms with E-state index in [4.69, 9.17) is 0 Å². The number of carbonyl (C=O) groups is 1. The van der Waals surface area contributed by atoms with E-state index in [0.717, 1.165) is 16.1 Å². The van der Waals surface area contributed by atoms with Crippen molar-refractivity contribution in [3.05, 3.63) is 51.7 Å². The zero-order chi connectivity index (χ0) is 11.5. The number of amides is 1. The van der Waals surface area contributed by atoms with Gasteiger partial charge in [0.1, 0.15) is 0 Å². The molecule has 16 heavy (non-hydrogen) atoms. The molecule has 0 atom stereocenters. The molecule has 1 N–H and O–H groups in total. The van der Waals surface area contributed by atoms with E-state index in [0.29, 0.717) is 0 Å². The first kappa shape index (κ1) is 10.9. The Morgan fingerprint density at radius 2 is 1.81 bits per heavy atom. The van der Waals surface area contributed by atoms with Gasteiger partial charge >= 0.3 is 0 Å². The Balaban J connectivity index is 2.14. The van der Waals surface area contributed by atoms with Gasteiger partial charge in [-0.1, -0.05) is 17.7 Å². The van der Waals surface area contributed by atoms with E-state index in [-0.39, 0.29) is 5.91 Å². The first-order valence-corrected chi connectivity index (χ1v) is 5.97. The summed E-state index contributed by atoms with van der Waals surface area (Å²) in [7, 11) is 0. The van der Waals surface area contributed by atoms with Crippen molar-refractivity contribution in [2.75, 3.05) is 5.32 Å². The van der Waals surface area contributed by atoms with Gasteiger partial charge in [0.05, 0.1) is 4.88 Å². The number of nitrogens with one attached hydrogen (secondary N) is 1. The molecule has 2 aromatic rings. The van der Waals surface area contributed by atoms with E-state index < -0.39 is 0 Å². The molecule has 0 saturated heterocycles. The number of benzene rings is 1. The van der Waals surface area contributed by atoms with Gasteiger partial charge in [-0.3, -0.25) is 4.79 Å². The van der Waals surface area contributed by atoms with Crippen molar-refractivity contribution in [2.45, 2.75) is 13.8 Å². The lowest BCUT2D eigenvalue weighted by Gasteiger charge is -2.04. The molecule has 1 aromatic heterocycles. The zero-order valence-electron chi connectivity index (χ0n) is 9.28. The first-order chi connectivity index (χ1) is 7.66. The van der Waals surface area contributed by atoms with E-state index in [1.807, 2.05) is 49.6 Å². The fraction of sp³-hybridized carbons (Fsp3) is 0.154. The van der Waals surface area contributed by atoms with Gasteiger partial charge in [-0.2, -0.15) is 0 Å². The average Bonchev–Trinajstić information content (AvgIpc) is 2.68. The minimum Gasteiger partial charge on any atom is -0.321 e. The Morgan fingerprint density at radius 3 is 2.38 bits per heavy atom. The monoisotopic (exact) mass is 231 g/mol. The van der Waals surface area contributed by atoms with Crippen molar-refractivity contribution < 1.29 is 4.79 Å². The summed E-state index contributed by atoms with van der Waals surface area (Å²) in [6.45, 7) is 3.97. The van der Waals surface area contributed by atoms with Crippen LogP contribution in [0.25, 0.3) is 0 Å². The topological polar surface area (TPSA) is 29.1 Å². The predicted molar refractivity (Wildman–Crippen MR) is 68.2 cm³/mol. The third-order valence-corrected chi connectivity index (χ3v) is 3.39. The van der Waals surface area contributed by atoms with E-state index in [1.54, 1.807) is 0 Å². The zero-order valence-corrected chi connectivity index (χ0v) is 10.1. The summed E-state index contributed by atoms with van der Waals surface area (Å²) in [5.41, 5.74) is 3.04. The maximum atomic E-state index is 11.9. The smallest absolute Gasteiger partial charge is 0.265 e. The third-order valence-electron chi connectivity index (χ3n) is 2.38. The van der Waals surface area contributed by atoms with Crippen LogP contribution in [0.15, 0.2) is 35.7 Å². The van der Waals surface area contributed by atoms with Gasteiger partial charge in [0.15, 0.2) is 0 Å². The van der Waals surface area contributed by atoms with Gasteiger partial charge in [-0.15, -0.1) is 11.3 Å². The van der Waals surface area contributed by atoms with Crippen LogP contribution in [0.4, 0.5) is 5.69 Å². The number of anilines is 1. The van der Waals surface area contributed by atoms with Crippen LogP contribution in [0.5, 0.6) is 0 Å². The number of hydrogen-bond donors (Lipinski definition) is 1. The molecule has 0 fully saturated rings. The van der Waals surface area contributed by atoms with Gasteiger partial charge in [-0.25, -0.2) is 0 Å². The fourth-order valence-corrected chi connectivity index (χ4v) is 2.25. The normalized spacial score (nSPS) is 10.1. The molecule has 0 aliphatic heterocycles. The molecule has 0 saturated carbocycles. The van der Waals surface area contributed by atoms with Crippen molar-refractivity contribution in [1.82, 2.24) is 0 Å². The second-order valence-electron chi connectivity index (χ2n) is 3.75. The molecule has 1 aromatic carbocycles. The lowest BCUT2D eigenvalue weighted by Crippen LogP contribution is -2.11. The molecule has 2 rings (SSSR count). The van der Waals surface area contributed by atoms with Crippen LogP contribution >= 0.6 is 11.3 Å². The molecule has 1 heterocycles. The minimum absolute atomic E-state index is 0.0312. The lowest BCUT2D eigenvalue weighted by atomic mass is 10.2. The van der Waals surface area contributed by atoms with Crippen LogP contribution in [-0.4, -0.2) is 5.91 Å². The van der Waals surface area contributed by atoms with Crippen LogP contribution in [0, 0.1) is 13.8 Å². The van der Waals surface area contributed by atoms with Crippen LogP contribution in [0.3, 0.4) is 0 Å². The van der Waals surface area contributed by atoms with Crippen LogP contribution in [0.1, 0.15) is 20.8 Å². The largest absolute Gasteiger partial charge is 0.321 e. The van der Waals surface area contributed by atoms with E-state index in [2.05, 4.69) is 5.32 Å². The number of carbonyl (C=O) groups excluding carboxylic acids is 1. The average molecular weight is 231 g/mol. The fourth-order valence-electron chi connectivity index (χ4n) is 1.43. The summed E-state index contributed by atoms with van der Waals surface area (Å²) in [5.74, 6) is -0.0312. The summed E-state index contributed by atoms with van der Waals surface area (Å²) in [6.07, 6.45) is 0. The maximum Gasteiger partial charge on any atom is 0.265 e. The van der Waals surface area contributed by atoms with Crippen molar-refractivity contribution in [3.8, 4) is 0 Å². The van der Waals surface area contributed by atoms with Gasteiger partial charge in [0.25, 0.3) is 5.91 Å². The number of thiophene rings is 1. The number of hydrogen-bond acceptors (Lipinski definition) is 2. The highest BCUT2D eigenvalue weighted by Crippen LogP contribution is 2.18. The van der Waals surface area contributed by atoms with E-state index in [1.165, 1.54) is 16.9 Å². The summed E-state index contributed by atoms with van der Waals surface area (Å²) >= 11 is 1.47. The Kier molecular flexibility index (Phi) is 3.06. The van der Waals surface area contributed by atoms with Gasteiger partial charge in [0.2, 0.25) is 0 Å². The van der Waals surface area contributed by atoms with Crippen LogP contribution in [0.2, 0.25) is 0 Å². The highest BCUT2D eigenvalue weighted by atomic mass is 32.1. The Hall–Kier alpha value is -1.61. The summed E-state index contributed by atoms with van der Waals surface area (Å²) in [4.78, 5) is 12.7. The molecule has 0 radical (unpaired) electrons. The molecule has 82 valence electrons. The summed E-state index contributed by atoms with van der Waals surface area (Å²) < 4.78 is 0. The molecule has 0 bridgehead atoms. The second kappa shape index (κ2) is 4.49. The Labute approximate surface area is 98.9 Å². The van der Waals surface area contributed by atoms with Crippen molar-refractivity contribution >= 4 is 22.9 Å². The summed E-state index contributed by atoms with van der Waals surface area (Å²) in [6, 6.07) is 9.74. The molecular formula is C13H13NOS. The van der Waals surface area contributed by atoms with Crippen molar-refractivity contribution in [3.63, 3.8) is 0 Å². The van der Waals surface area contributed by atoms with Crippen molar-refractivity contribution in [1.29, 1.82) is 0 Å². The van der Waals surface area contributed by atoms with Gasteiger partial charge in [-0.05, 0) is 43.0 Å². The molecule has 0 aliphatic rings. The Morgan fingerprint density at radius 1 is 1.12 bits per heavy atom. The minimum atomic E-state index is -0.0312. The molecule has 1 amide bonds. The molecule has 0 unspecified atom stereocenters. The maximum absolute atomic E-state index is 11.9. The van der Waals surface area contributed by atoms with Crippen LogP contribution in [-0.2, 0) is 0 Å². The van der Waals surface area contributed by atoms with Crippen LogP contribution < -0.4 is 5.32 Å². The molecular weight excluding hydrogens is 218 g/mol. The molecule has 0 aliphatic carbocycles. The highest BCUT2D eigenvalue weighted by molar-refractivity contribution is 7.12.